The Morgan fingerprint density at radius 1 is 0.850 bits per heavy atom. The first-order valence-corrected chi connectivity index (χ1v) is 13.9. The third kappa shape index (κ3) is 9.68. The molecule has 0 N–H and O–H groups in total. The zero-order valence-electron chi connectivity index (χ0n) is 24.9. The molecule has 1 aliphatic carbocycles. The average Bonchev–Trinajstić information content (AvgIpc) is 3.45. The summed E-state index contributed by atoms with van der Waals surface area (Å²) in [5, 5.41) is 1.10. The first kappa shape index (κ1) is 32.9. The molecule has 7 heteroatoms. The molecular weight excluding hydrogens is 511 g/mol. The second-order valence-electron chi connectivity index (χ2n) is 10.4. The molecule has 218 valence electrons. The summed E-state index contributed by atoms with van der Waals surface area (Å²) < 4.78 is 40.5. The van der Waals surface area contributed by atoms with Crippen LogP contribution in [0, 0.1) is 18.8 Å². The van der Waals surface area contributed by atoms with Crippen LogP contribution < -0.4 is 4.90 Å². The van der Waals surface area contributed by atoms with E-state index in [1.165, 1.54) is 31.7 Å². The molecule has 0 bridgehead atoms. The molecule has 0 amide bonds. The van der Waals surface area contributed by atoms with E-state index in [1.807, 2.05) is 63.2 Å². The summed E-state index contributed by atoms with van der Waals surface area (Å²) in [7, 11) is 4.49. The molecule has 0 aliphatic heterocycles. The van der Waals surface area contributed by atoms with E-state index in [0.29, 0.717) is 18.5 Å². The first-order chi connectivity index (χ1) is 19.2. The molecule has 4 aromatic rings. The molecule has 1 aliphatic rings. The number of aromatic nitrogens is 2. The average molecular weight is 556 g/mol. The lowest BCUT2D eigenvalue weighted by molar-refractivity contribution is 0.152. The van der Waals surface area contributed by atoms with E-state index in [2.05, 4.69) is 23.8 Å². The SMILES string of the molecule is CC1CCC(C)CC1.CCc1ccc(-c2ccccc2C(F)F)o1.CF.Cc1nc(N(C)C)c2ccccc2n1. The van der Waals surface area contributed by atoms with E-state index < -0.39 is 6.43 Å². The Hall–Kier alpha value is -3.35. The maximum Gasteiger partial charge on any atom is 0.264 e. The van der Waals surface area contributed by atoms with Crippen molar-refractivity contribution in [3.05, 3.63) is 77.8 Å². The van der Waals surface area contributed by atoms with E-state index in [-0.39, 0.29) is 5.56 Å². The van der Waals surface area contributed by atoms with Gasteiger partial charge in [0.05, 0.1) is 12.7 Å². The minimum absolute atomic E-state index is 0.0134. The highest BCUT2D eigenvalue weighted by atomic mass is 19.3. The summed E-state index contributed by atoms with van der Waals surface area (Å²) in [5.41, 5.74) is 1.49. The molecule has 0 spiro atoms. The number of benzene rings is 2. The smallest absolute Gasteiger partial charge is 0.264 e. The predicted octanol–water partition coefficient (Wildman–Crippen LogP) is 9.87. The Labute approximate surface area is 237 Å². The maximum absolute atomic E-state index is 12.8. The number of para-hydroxylation sites is 1. The third-order valence-electron chi connectivity index (χ3n) is 6.89. The second kappa shape index (κ2) is 16.7. The standard InChI is InChI=1S/C13H12F2O.C11H13N3.C8H16.CH3F/c1-2-9-7-8-12(16-9)10-5-3-4-6-11(10)13(14)15;1-8-12-10-7-5-4-6-9(10)11(13-8)14(2)3;1-7-3-5-8(2)6-4-7;1-2/h3-8,13H,2H2,1H3;4-7H,1-3H3;7-8H,3-6H2,1-2H3;1H3. The molecule has 0 saturated heterocycles. The zero-order valence-corrected chi connectivity index (χ0v) is 24.9. The molecular formula is C33H44F3N3O. The van der Waals surface area contributed by atoms with Crippen LogP contribution >= 0.6 is 0 Å². The van der Waals surface area contributed by atoms with E-state index in [1.54, 1.807) is 24.3 Å². The lowest BCUT2D eigenvalue weighted by Gasteiger charge is -2.22. The predicted molar refractivity (Wildman–Crippen MR) is 161 cm³/mol. The number of aryl methyl sites for hydroxylation is 2. The van der Waals surface area contributed by atoms with E-state index in [0.717, 1.165) is 46.6 Å². The van der Waals surface area contributed by atoms with Crippen LogP contribution in [0.4, 0.5) is 19.0 Å². The van der Waals surface area contributed by atoms with E-state index in [9.17, 15) is 13.2 Å². The Balaban J connectivity index is 0.000000213. The number of hydrogen-bond acceptors (Lipinski definition) is 4. The number of furan rings is 1. The highest BCUT2D eigenvalue weighted by molar-refractivity contribution is 5.89. The number of fused-ring (bicyclic) bond motifs is 1. The van der Waals surface area contributed by atoms with Crippen LogP contribution in [0.2, 0.25) is 0 Å². The van der Waals surface area contributed by atoms with Crippen molar-refractivity contribution in [1.82, 2.24) is 9.97 Å². The summed E-state index contributed by atoms with van der Waals surface area (Å²) in [6.45, 7) is 8.61. The zero-order chi connectivity index (χ0) is 29.7. The van der Waals surface area contributed by atoms with Gasteiger partial charge in [0.25, 0.3) is 6.43 Å². The molecule has 0 unspecified atom stereocenters. The van der Waals surface area contributed by atoms with Crippen LogP contribution in [-0.4, -0.2) is 31.2 Å². The molecule has 2 heterocycles. The van der Waals surface area contributed by atoms with Crippen molar-refractivity contribution in [2.75, 3.05) is 26.2 Å². The molecule has 1 saturated carbocycles. The van der Waals surface area contributed by atoms with Crippen molar-refractivity contribution >= 4 is 16.7 Å². The van der Waals surface area contributed by atoms with Gasteiger partial charge in [-0.05, 0) is 43.0 Å². The van der Waals surface area contributed by atoms with Gasteiger partial charge in [-0.15, -0.1) is 0 Å². The summed E-state index contributed by atoms with van der Waals surface area (Å²) >= 11 is 0. The van der Waals surface area contributed by atoms with Crippen molar-refractivity contribution in [1.29, 1.82) is 0 Å². The largest absolute Gasteiger partial charge is 0.461 e. The maximum atomic E-state index is 12.8. The van der Waals surface area contributed by atoms with Crippen LogP contribution in [-0.2, 0) is 6.42 Å². The highest BCUT2D eigenvalue weighted by Crippen LogP contribution is 2.32. The summed E-state index contributed by atoms with van der Waals surface area (Å²) in [5.74, 6) is 5.14. The minimum atomic E-state index is -2.48. The van der Waals surface area contributed by atoms with E-state index >= 15 is 0 Å². The van der Waals surface area contributed by atoms with Gasteiger partial charge in [-0.25, -0.2) is 18.7 Å². The molecule has 0 atom stereocenters. The summed E-state index contributed by atoms with van der Waals surface area (Å²) in [4.78, 5) is 10.8. The van der Waals surface area contributed by atoms with Crippen LogP contribution in [0.3, 0.4) is 0 Å². The number of anilines is 1. The fourth-order valence-corrected chi connectivity index (χ4v) is 4.57. The third-order valence-corrected chi connectivity index (χ3v) is 6.89. The molecule has 2 aromatic heterocycles. The van der Waals surface area contributed by atoms with Crippen molar-refractivity contribution in [3.8, 4) is 11.3 Å². The summed E-state index contributed by atoms with van der Waals surface area (Å²) in [6, 6.07) is 18.0. The second-order valence-corrected chi connectivity index (χ2v) is 10.4. The van der Waals surface area contributed by atoms with Crippen LogP contribution in [0.25, 0.3) is 22.2 Å². The van der Waals surface area contributed by atoms with Gasteiger partial charge in [0.15, 0.2) is 0 Å². The van der Waals surface area contributed by atoms with Gasteiger partial charge < -0.3 is 9.32 Å². The number of halogens is 3. The van der Waals surface area contributed by atoms with Gasteiger partial charge in [0, 0.05) is 37.0 Å². The van der Waals surface area contributed by atoms with Crippen molar-refractivity contribution < 1.29 is 17.6 Å². The molecule has 5 rings (SSSR count). The van der Waals surface area contributed by atoms with Gasteiger partial charge in [-0.1, -0.05) is 82.9 Å². The summed E-state index contributed by atoms with van der Waals surface area (Å²) in [6.07, 6.45) is 4.17. The highest BCUT2D eigenvalue weighted by Gasteiger charge is 2.15. The van der Waals surface area contributed by atoms with Gasteiger partial charge >= 0.3 is 0 Å². The Kier molecular flexibility index (Phi) is 13.7. The molecule has 2 aromatic carbocycles. The molecule has 4 nitrogen and oxygen atoms in total. The first-order valence-electron chi connectivity index (χ1n) is 13.9. The van der Waals surface area contributed by atoms with Gasteiger partial charge in [0.1, 0.15) is 23.2 Å². The van der Waals surface area contributed by atoms with Crippen molar-refractivity contribution in [2.45, 2.75) is 66.2 Å². The van der Waals surface area contributed by atoms with Gasteiger partial charge in [-0.2, -0.15) is 0 Å². The quantitative estimate of drug-likeness (QED) is 0.251. The fourth-order valence-electron chi connectivity index (χ4n) is 4.57. The molecule has 40 heavy (non-hydrogen) atoms. The number of rotatable bonds is 4. The van der Waals surface area contributed by atoms with Crippen LogP contribution in [0.1, 0.15) is 70.0 Å². The number of nitrogens with zero attached hydrogens (tertiary/aromatic N) is 3. The monoisotopic (exact) mass is 555 g/mol. The molecule has 0 radical (unpaired) electrons. The van der Waals surface area contributed by atoms with Gasteiger partial charge in [-0.3, -0.25) is 4.39 Å². The van der Waals surface area contributed by atoms with Crippen molar-refractivity contribution in [3.63, 3.8) is 0 Å². The fraction of sp³-hybridized carbons (Fsp3) is 0.455. The molecule has 1 fully saturated rings. The van der Waals surface area contributed by atoms with Gasteiger partial charge in [0.2, 0.25) is 0 Å². The Morgan fingerprint density at radius 3 is 1.98 bits per heavy atom. The normalized spacial score (nSPS) is 16.2. The lowest BCUT2D eigenvalue weighted by atomic mass is 9.84. The number of alkyl halides is 3. The topological polar surface area (TPSA) is 42.2 Å². The Bertz CT molecular complexity index is 1270. The van der Waals surface area contributed by atoms with Crippen molar-refractivity contribution in [2.24, 2.45) is 11.8 Å². The number of hydrogen-bond donors (Lipinski definition) is 0. The Morgan fingerprint density at radius 2 is 1.43 bits per heavy atom. The van der Waals surface area contributed by atoms with E-state index in [4.69, 9.17) is 4.42 Å². The van der Waals surface area contributed by atoms with Crippen LogP contribution in [0.15, 0.2) is 65.1 Å². The lowest BCUT2D eigenvalue weighted by Crippen LogP contribution is -2.12. The van der Waals surface area contributed by atoms with Crippen LogP contribution in [0.5, 0.6) is 0 Å². The minimum Gasteiger partial charge on any atom is -0.461 e.